The summed E-state index contributed by atoms with van der Waals surface area (Å²) in [5.41, 5.74) is 0. The van der Waals surface area contributed by atoms with Gasteiger partial charge in [0.1, 0.15) is 0 Å². The first-order valence-corrected chi connectivity index (χ1v) is 2.84. The van der Waals surface area contributed by atoms with E-state index in [1.807, 2.05) is 6.92 Å². The highest BCUT2D eigenvalue weighted by atomic mass is 16.4. The maximum absolute atomic E-state index is 4.25. The van der Waals surface area contributed by atoms with Gasteiger partial charge in [-0.1, -0.05) is 19.1 Å². The van der Waals surface area contributed by atoms with Crippen molar-refractivity contribution in [1.82, 2.24) is 0 Å². The zero-order valence-corrected chi connectivity index (χ0v) is 6.27. The molecule has 0 aliphatic rings. The summed E-state index contributed by atoms with van der Waals surface area (Å²) < 4.78 is 4.25. The summed E-state index contributed by atoms with van der Waals surface area (Å²) in [6.07, 6.45) is 5.34. The Balaban J connectivity index is 0. The highest BCUT2D eigenvalue weighted by Crippen LogP contribution is 1.73. The monoisotopic (exact) mass is 116 g/mol. The van der Waals surface area contributed by atoms with Gasteiger partial charge in [-0.15, -0.1) is 0 Å². The van der Waals surface area contributed by atoms with Crippen LogP contribution in [0, 0.1) is 0 Å². The van der Waals surface area contributed by atoms with Crippen molar-refractivity contribution in [1.29, 1.82) is 0 Å². The number of methoxy groups -OCH3 is 1. The fourth-order valence-electron chi connectivity index (χ4n) is 0.236. The van der Waals surface area contributed by atoms with Gasteiger partial charge in [-0.05, 0) is 13.3 Å². The van der Waals surface area contributed by atoms with E-state index in [-0.39, 0.29) is 0 Å². The fraction of sp³-hybridized carbons (Fsp3) is 0.714. The summed E-state index contributed by atoms with van der Waals surface area (Å²) in [5.74, 6) is 0. The van der Waals surface area contributed by atoms with Crippen LogP contribution in [0.1, 0.15) is 20.3 Å². The maximum Gasteiger partial charge on any atom is 0.0351 e. The average molecular weight is 116 g/mol. The first kappa shape index (κ1) is 10.6. The quantitative estimate of drug-likeness (QED) is 0.477. The van der Waals surface area contributed by atoms with Crippen LogP contribution < -0.4 is 0 Å². The molecule has 0 spiro atoms. The molecule has 0 unspecified atom stereocenters. The van der Waals surface area contributed by atoms with Crippen molar-refractivity contribution in [2.24, 2.45) is 0 Å². The van der Waals surface area contributed by atoms with Crippen LogP contribution in [0.25, 0.3) is 0 Å². The Morgan fingerprint density at radius 2 is 1.75 bits per heavy atom. The van der Waals surface area contributed by atoms with Crippen molar-refractivity contribution < 1.29 is 4.74 Å². The van der Waals surface area contributed by atoms with Crippen molar-refractivity contribution >= 4 is 0 Å². The lowest BCUT2D eigenvalue weighted by atomic mass is 10.4. The van der Waals surface area contributed by atoms with E-state index in [1.54, 1.807) is 14.2 Å². The van der Waals surface area contributed by atoms with Crippen LogP contribution in [-0.4, -0.2) is 14.2 Å². The molecule has 8 heavy (non-hydrogen) atoms. The second-order valence-electron chi connectivity index (χ2n) is 1.39. The van der Waals surface area contributed by atoms with Crippen LogP contribution >= 0.6 is 0 Å². The minimum absolute atomic E-state index is 1.16. The molecule has 1 nitrogen and oxygen atoms in total. The Bertz CT molecular complexity index is 39.7. The van der Waals surface area contributed by atoms with Gasteiger partial charge in [-0.2, -0.15) is 0 Å². The zero-order valence-electron chi connectivity index (χ0n) is 6.27. The molecule has 0 saturated carbocycles. The Morgan fingerprint density at radius 1 is 1.38 bits per heavy atom. The molecular formula is C7H16O. The summed E-state index contributed by atoms with van der Waals surface area (Å²) in [6, 6.07) is 0. The number of ether oxygens (including phenoxy) is 1. The summed E-state index contributed by atoms with van der Waals surface area (Å²) >= 11 is 0. The van der Waals surface area contributed by atoms with Crippen LogP contribution in [0.5, 0.6) is 0 Å². The van der Waals surface area contributed by atoms with E-state index >= 15 is 0 Å². The van der Waals surface area contributed by atoms with Crippen LogP contribution in [-0.2, 0) is 4.74 Å². The lowest BCUT2D eigenvalue weighted by Gasteiger charge is -1.65. The van der Waals surface area contributed by atoms with E-state index in [0.29, 0.717) is 0 Å². The Labute approximate surface area is 52.4 Å². The van der Waals surface area contributed by atoms with Crippen LogP contribution in [0.15, 0.2) is 12.2 Å². The van der Waals surface area contributed by atoms with Gasteiger partial charge < -0.3 is 4.74 Å². The molecule has 0 rings (SSSR count). The van der Waals surface area contributed by atoms with E-state index in [0.717, 1.165) is 6.42 Å². The lowest BCUT2D eigenvalue weighted by Crippen LogP contribution is -1.55. The van der Waals surface area contributed by atoms with Crippen molar-refractivity contribution in [3.63, 3.8) is 0 Å². The van der Waals surface area contributed by atoms with Gasteiger partial charge in [-0.3, -0.25) is 0 Å². The SMILES string of the molecule is CC=CCC.COC. The normalized spacial score (nSPS) is 8.50. The zero-order chi connectivity index (χ0) is 6.83. The molecule has 1 heteroatoms. The molecule has 0 aliphatic heterocycles. The van der Waals surface area contributed by atoms with Crippen molar-refractivity contribution in [2.75, 3.05) is 14.2 Å². The van der Waals surface area contributed by atoms with Crippen molar-refractivity contribution in [3.05, 3.63) is 12.2 Å². The van der Waals surface area contributed by atoms with E-state index in [1.165, 1.54) is 0 Å². The summed E-state index contributed by atoms with van der Waals surface area (Å²) in [7, 11) is 3.25. The topological polar surface area (TPSA) is 9.23 Å². The second kappa shape index (κ2) is 15.9. The molecule has 0 amide bonds. The summed E-state index contributed by atoms with van der Waals surface area (Å²) in [4.78, 5) is 0. The number of allylic oxidation sites excluding steroid dienone is 2. The van der Waals surface area contributed by atoms with E-state index in [4.69, 9.17) is 0 Å². The molecule has 0 aromatic heterocycles. The third-order valence-electron chi connectivity index (χ3n) is 0.471. The predicted molar refractivity (Wildman–Crippen MR) is 38.0 cm³/mol. The standard InChI is InChI=1S/C5H10.C2H6O/c1-3-5-4-2;1-3-2/h3,5H,4H2,1-2H3;1-2H3. The molecule has 0 fully saturated rings. The van der Waals surface area contributed by atoms with E-state index in [9.17, 15) is 0 Å². The molecule has 0 aromatic rings. The molecule has 0 bridgehead atoms. The molecule has 0 saturated heterocycles. The van der Waals surface area contributed by atoms with E-state index in [2.05, 4.69) is 23.8 Å². The van der Waals surface area contributed by atoms with Crippen molar-refractivity contribution in [2.45, 2.75) is 20.3 Å². The van der Waals surface area contributed by atoms with Gasteiger partial charge in [0.15, 0.2) is 0 Å². The van der Waals surface area contributed by atoms with Gasteiger partial charge in [0.25, 0.3) is 0 Å². The molecule has 0 N–H and O–H groups in total. The fourth-order valence-corrected chi connectivity index (χ4v) is 0.236. The van der Waals surface area contributed by atoms with Gasteiger partial charge >= 0.3 is 0 Å². The lowest BCUT2D eigenvalue weighted by molar-refractivity contribution is 0.277. The molecule has 0 radical (unpaired) electrons. The molecular weight excluding hydrogens is 100 g/mol. The third-order valence-corrected chi connectivity index (χ3v) is 0.471. The van der Waals surface area contributed by atoms with Crippen molar-refractivity contribution in [3.8, 4) is 0 Å². The number of rotatable bonds is 1. The highest BCUT2D eigenvalue weighted by Gasteiger charge is 1.52. The Kier molecular flexibility index (Phi) is 21.1. The average Bonchev–Trinajstić information content (AvgIpc) is 1.71. The highest BCUT2D eigenvalue weighted by molar-refractivity contribution is 4.73. The van der Waals surface area contributed by atoms with Crippen LogP contribution in [0.2, 0.25) is 0 Å². The first-order chi connectivity index (χ1) is 3.83. The minimum atomic E-state index is 1.16. The first-order valence-electron chi connectivity index (χ1n) is 2.84. The molecule has 0 aliphatic carbocycles. The summed E-state index contributed by atoms with van der Waals surface area (Å²) in [5, 5.41) is 0. The van der Waals surface area contributed by atoms with Gasteiger partial charge in [0.05, 0.1) is 0 Å². The maximum atomic E-state index is 4.25. The Hall–Kier alpha value is -0.300. The number of hydrogen-bond donors (Lipinski definition) is 0. The van der Waals surface area contributed by atoms with Gasteiger partial charge in [0.2, 0.25) is 0 Å². The number of hydrogen-bond acceptors (Lipinski definition) is 1. The summed E-state index contributed by atoms with van der Waals surface area (Å²) in [6.45, 7) is 4.16. The third kappa shape index (κ3) is 43.6. The predicted octanol–water partition coefficient (Wildman–Crippen LogP) is 2.24. The van der Waals surface area contributed by atoms with Crippen LogP contribution in [0.4, 0.5) is 0 Å². The van der Waals surface area contributed by atoms with Crippen LogP contribution in [0.3, 0.4) is 0 Å². The van der Waals surface area contributed by atoms with E-state index < -0.39 is 0 Å². The van der Waals surface area contributed by atoms with Gasteiger partial charge in [-0.25, -0.2) is 0 Å². The Morgan fingerprint density at radius 3 is 1.75 bits per heavy atom. The molecule has 0 heterocycles. The molecule has 0 aromatic carbocycles. The minimum Gasteiger partial charge on any atom is -0.388 e. The molecule has 50 valence electrons. The largest absolute Gasteiger partial charge is 0.388 e. The smallest absolute Gasteiger partial charge is 0.0351 e. The second-order valence-corrected chi connectivity index (χ2v) is 1.39. The molecule has 0 atom stereocenters. The van der Waals surface area contributed by atoms with Gasteiger partial charge in [0, 0.05) is 14.2 Å².